The molecule has 0 radical (unpaired) electrons. The maximum Gasteiger partial charge on any atom is 0.162 e. The maximum absolute atomic E-state index is 6.03. The summed E-state index contributed by atoms with van der Waals surface area (Å²) in [6, 6.07) is 10.5. The summed E-state index contributed by atoms with van der Waals surface area (Å²) in [6.07, 6.45) is 5.93. The van der Waals surface area contributed by atoms with Gasteiger partial charge in [-0.3, -0.25) is 4.98 Å². The van der Waals surface area contributed by atoms with E-state index in [0.29, 0.717) is 6.04 Å². The standard InChI is InChI=1S/C22H26N6/c1-15-12-19(18-6-4-5-7-21(18)26-15)20-13-25-28(22(20)24-3)14-16(2)27-10-8-17(23)9-11-27/h4-7,12-14,17H,3,8-11,23H2,1-2H3/b16-14+. The van der Waals surface area contributed by atoms with Crippen LogP contribution in [0.15, 0.2) is 47.2 Å². The third kappa shape index (κ3) is 3.43. The fourth-order valence-corrected chi connectivity index (χ4v) is 3.84. The molecule has 3 heterocycles. The monoisotopic (exact) mass is 374 g/mol. The second kappa shape index (κ2) is 7.56. The van der Waals surface area contributed by atoms with E-state index in [1.165, 1.54) is 0 Å². The van der Waals surface area contributed by atoms with Crippen LogP contribution in [0.2, 0.25) is 0 Å². The molecule has 2 N–H and O–H groups in total. The SMILES string of the molecule is C=Nc1c(-c2cc(C)nc3ccccc23)cnn1/C=C(\C)N1CCC(N)CC1. The fraction of sp³-hybridized carbons (Fsp3) is 0.318. The summed E-state index contributed by atoms with van der Waals surface area (Å²) < 4.78 is 1.82. The highest BCUT2D eigenvalue weighted by atomic mass is 15.3. The molecular formula is C22H26N6. The molecule has 1 saturated heterocycles. The molecule has 1 aromatic carbocycles. The molecule has 3 aromatic rings. The van der Waals surface area contributed by atoms with Crippen molar-refractivity contribution in [3.8, 4) is 11.1 Å². The van der Waals surface area contributed by atoms with E-state index in [1.54, 1.807) is 0 Å². The molecule has 1 aliphatic rings. The zero-order valence-corrected chi connectivity index (χ0v) is 16.5. The lowest BCUT2D eigenvalue weighted by atomic mass is 10.0. The summed E-state index contributed by atoms with van der Waals surface area (Å²) in [6.45, 7) is 9.86. The van der Waals surface area contributed by atoms with E-state index in [-0.39, 0.29) is 0 Å². The second-order valence-corrected chi connectivity index (χ2v) is 7.41. The molecule has 0 unspecified atom stereocenters. The van der Waals surface area contributed by atoms with E-state index in [0.717, 1.165) is 65.2 Å². The topological polar surface area (TPSA) is 72.3 Å². The third-order valence-electron chi connectivity index (χ3n) is 5.40. The first-order valence-corrected chi connectivity index (χ1v) is 9.66. The van der Waals surface area contributed by atoms with Gasteiger partial charge in [0.1, 0.15) is 0 Å². The Labute approximate surface area is 165 Å². The van der Waals surface area contributed by atoms with E-state index < -0.39 is 0 Å². The Hall–Kier alpha value is -2.99. The van der Waals surface area contributed by atoms with E-state index in [9.17, 15) is 0 Å². The summed E-state index contributed by atoms with van der Waals surface area (Å²) in [5.41, 5.74) is 11.2. The normalized spacial score (nSPS) is 16.0. The molecular weight excluding hydrogens is 348 g/mol. The van der Waals surface area contributed by atoms with Gasteiger partial charge in [-0.05, 0) is 51.1 Å². The first-order chi connectivity index (χ1) is 13.6. The Kier molecular flexibility index (Phi) is 4.96. The van der Waals surface area contributed by atoms with Crippen LogP contribution in [0.5, 0.6) is 0 Å². The first-order valence-electron chi connectivity index (χ1n) is 9.66. The number of fused-ring (bicyclic) bond motifs is 1. The Morgan fingerprint density at radius 1 is 1.25 bits per heavy atom. The number of hydrogen-bond acceptors (Lipinski definition) is 5. The zero-order chi connectivity index (χ0) is 19.7. The van der Waals surface area contributed by atoms with Crippen LogP contribution >= 0.6 is 0 Å². The van der Waals surface area contributed by atoms with Crippen molar-refractivity contribution in [2.24, 2.45) is 10.7 Å². The summed E-state index contributed by atoms with van der Waals surface area (Å²) in [5.74, 6) is 0.740. The lowest BCUT2D eigenvalue weighted by molar-refractivity contribution is 0.265. The lowest BCUT2D eigenvalue weighted by Gasteiger charge is -2.32. The van der Waals surface area contributed by atoms with E-state index in [4.69, 9.17) is 5.73 Å². The number of nitrogens with two attached hydrogens (primary N) is 1. The maximum atomic E-state index is 6.03. The van der Waals surface area contributed by atoms with Crippen molar-refractivity contribution in [1.29, 1.82) is 0 Å². The number of piperidine rings is 1. The van der Waals surface area contributed by atoms with Gasteiger partial charge >= 0.3 is 0 Å². The van der Waals surface area contributed by atoms with Crippen LogP contribution in [0.4, 0.5) is 5.82 Å². The fourth-order valence-electron chi connectivity index (χ4n) is 3.84. The van der Waals surface area contributed by atoms with Gasteiger partial charge in [0.15, 0.2) is 5.82 Å². The minimum Gasteiger partial charge on any atom is -0.374 e. The Morgan fingerprint density at radius 3 is 2.75 bits per heavy atom. The van der Waals surface area contributed by atoms with Gasteiger partial charge in [-0.1, -0.05) is 18.2 Å². The van der Waals surface area contributed by atoms with Gasteiger partial charge < -0.3 is 10.6 Å². The molecule has 0 amide bonds. The predicted octanol–water partition coefficient (Wildman–Crippen LogP) is 3.98. The number of hydrogen-bond donors (Lipinski definition) is 1. The summed E-state index contributed by atoms with van der Waals surface area (Å²) >= 11 is 0. The highest BCUT2D eigenvalue weighted by molar-refractivity contribution is 5.97. The molecule has 0 bridgehead atoms. The Bertz CT molecular complexity index is 1040. The number of aliphatic imine (C=N–C) groups is 1. The number of para-hydroxylation sites is 1. The molecule has 1 aliphatic heterocycles. The molecule has 4 rings (SSSR count). The summed E-state index contributed by atoms with van der Waals surface area (Å²) in [4.78, 5) is 11.3. The molecule has 0 aliphatic carbocycles. The van der Waals surface area contributed by atoms with Crippen LogP contribution in [-0.4, -0.2) is 45.5 Å². The molecule has 0 atom stereocenters. The summed E-state index contributed by atoms with van der Waals surface area (Å²) in [7, 11) is 0. The van der Waals surface area contributed by atoms with Crippen molar-refractivity contribution in [2.45, 2.75) is 32.7 Å². The van der Waals surface area contributed by atoms with Gasteiger partial charge in [-0.25, -0.2) is 9.67 Å². The largest absolute Gasteiger partial charge is 0.374 e. The Morgan fingerprint density at radius 2 is 2.00 bits per heavy atom. The smallest absolute Gasteiger partial charge is 0.162 e. The highest BCUT2D eigenvalue weighted by Crippen LogP contribution is 2.35. The molecule has 2 aromatic heterocycles. The lowest BCUT2D eigenvalue weighted by Crippen LogP contribution is -2.38. The zero-order valence-electron chi connectivity index (χ0n) is 16.5. The molecule has 144 valence electrons. The molecule has 0 spiro atoms. The van der Waals surface area contributed by atoms with Crippen LogP contribution in [0.3, 0.4) is 0 Å². The van der Waals surface area contributed by atoms with Crippen LogP contribution in [0.1, 0.15) is 25.5 Å². The first kappa shape index (κ1) is 18.4. The number of likely N-dealkylation sites (tertiary alicyclic amines) is 1. The number of allylic oxidation sites excluding steroid dienone is 1. The molecule has 28 heavy (non-hydrogen) atoms. The minimum atomic E-state index is 0.314. The van der Waals surface area contributed by atoms with Crippen molar-refractivity contribution in [1.82, 2.24) is 19.7 Å². The van der Waals surface area contributed by atoms with E-state index >= 15 is 0 Å². The minimum absolute atomic E-state index is 0.314. The Balaban J connectivity index is 1.75. The van der Waals surface area contributed by atoms with Gasteiger partial charge in [-0.15, -0.1) is 0 Å². The van der Waals surface area contributed by atoms with Crippen molar-refractivity contribution < 1.29 is 0 Å². The molecule has 0 saturated carbocycles. The average Bonchev–Trinajstić information content (AvgIpc) is 3.10. The predicted molar refractivity (Wildman–Crippen MR) is 116 cm³/mol. The van der Waals surface area contributed by atoms with E-state index in [2.05, 4.69) is 45.7 Å². The number of rotatable bonds is 4. The quantitative estimate of drug-likeness (QED) is 0.701. The van der Waals surface area contributed by atoms with Gasteiger partial charge in [0, 0.05) is 47.7 Å². The number of benzene rings is 1. The van der Waals surface area contributed by atoms with Gasteiger partial charge in [0.2, 0.25) is 0 Å². The van der Waals surface area contributed by atoms with Gasteiger partial charge in [0.05, 0.1) is 11.7 Å². The third-order valence-corrected chi connectivity index (χ3v) is 5.40. The molecule has 6 nitrogen and oxygen atoms in total. The molecule has 6 heteroatoms. The molecule has 1 fully saturated rings. The van der Waals surface area contributed by atoms with Crippen LogP contribution in [-0.2, 0) is 0 Å². The van der Waals surface area contributed by atoms with Crippen LogP contribution in [0.25, 0.3) is 28.2 Å². The van der Waals surface area contributed by atoms with Gasteiger partial charge in [0.25, 0.3) is 0 Å². The number of aryl methyl sites for hydroxylation is 1. The van der Waals surface area contributed by atoms with Gasteiger partial charge in [-0.2, -0.15) is 5.10 Å². The number of aromatic nitrogens is 3. The van der Waals surface area contributed by atoms with E-state index in [1.807, 2.05) is 42.2 Å². The van der Waals surface area contributed by atoms with Crippen molar-refractivity contribution in [2.75, 3.05) is 13.1 Å². The highest BCUT2D eigenvalue weighted by Gasteiger charge is 2.18. The van der Waals surface area contributed by atoms with Crippen molar-refractivity contribution in [3.63, 3.8) is 0 Å². The number of pyridine rings is 1. The second-order valence-electron chi connectivity index (χ2n) is 7.41. The van der Waals surface area contributed by atoms with Crippen LogP contribution < -0.4 is 5.73 Å². The summed E-state index contributed by atoms with van der Waals surface area (Å²) in [5, 5.41) is 5.67. The number of nitrogens with zero attached hydrogens (tertiary/aromatic N) is 5. The average molecular weight is 374 g/mol. The van der Waals surface area contributed by atoms with Crippen molar-refractivity contribution >= 4 is 29.6 Å². The van der Waals surface area contributed by atoms with Crippen molar-refractivity contribution in [3.05, 3.63) is 47.9 Å². The van der Waals surface area contributed by atoms with Crippen LogP contribution in [0, 0.1) is 6.92 Å².